The van der Waals surface area contributed by atoms with E-state index < -0.39 is 0 Å². The van der Waals surface area contributed by atoms with Gasteiger partial charge >= 0.3 is 0 Å². The largest absolute Gasteiger partial charge is 0.318 e. The van der Waals surface area contributed by atoms with Gasteiger partial charge in [-0.05, 0) is 44.5 Å². The number of para-hydroxylation sites is 1. The van der Waals surface area contributed by atoms with Gasteiger partial charge in [-0.25, -0.2) is 0 Å². The highest BCUT2D eigenvalue weighted by Gasteiger charge is 2.06. The number of nitrogens with zero attached hydrogens (tertiary/aromatic N) is 1. The van der Waals surface area contributed by atoms with E-state index in [1.54, 1.807) is 0 Å². The zero-order chi connectivity index (χ0) is 10.1. The molecule has 2 rings (SSSR count). The van der Waals surface area contributed by atoms with Crippen LogP contribution in [0.4, 0.5) is 0 Å². The molecule has 1 aromatic heterocycles. The lowest BCUT2D eigenvalue weighted by Crippen LogP contribution is -1.98. The molecule has 2 aromatic rings. The average Bonchev–Trinajstić information content (AvgIpc) is 2.43. The standard InChI is InChI=1S/C13H15N/c1-10-9-11(2)14(12(10)3)13-7-5-4-6-8-13/h4-9H,1-3H3. The monoisotopic (exact) mass is 185 g/mol. The molecule has 0 aliphatic rings. The van der Waals surface area contributed by atoms with Gasteiger partial charge in [-0.2, -0.15) is 0 Å². The van der Waals surface area contributed by atoms with E-state index in [2.05, 4.69) is 55.7 Å². The Balaban J connectivity index is 2.62. The molecule has 0 bridgehead atoms. The first-order valence-corrected chi connectivity index (χ1v) is 4.91. The van der Waals surface area contributed by atoms with Crippen LogP contribution in [-0.4, -0.2) is 4.57 Å². The molecule has 0 unspecified atom stereocenters. The Labute approximate surface area is 85.0 Å². The Kier molecular flexibility index (Phi) is 2.16. The van der Waals surface area contributed by atoms with Gasteiger partial charge < -0.3 is 4.57 Å². The fourth-order valence-corrected chi connectivity index (χ4v) is 1.90. The smallest absolute Gasteiger partial charge is 0.0455 e. The molecule has 0 fully saturated rings. The van der Waals surface area contributed by atoms with Crippen molar-refractivity contribution in [3.05, 3.63) is 53.3 Å². The van der Waals surface area contributed by atoms with Crippen LogP contribution in [0.2, 0.25) is 0 Å². The van der Waals surface area contributed by atoms with Crippen molar-refractivity contribution in [2.75, 3.05) is 0 Å². The highest BCUT2D eigenvalue weighted by atomic mass is 15.0. The van der Waals surface area contributed by atoms with Gasteiger partial charge in [0.1, 0.15) is 0 Å². The van der Waals surface area contributed by atoms with Crippen LogP contribution in [0.25, 0.3) is 5.69 Å². The van der Waals surface area contributed by atoms with Crippen molar-refractivity contribution >= 4 is 0 Å². The molecule has 1 heterocycles. The van der Waals surface area contributed by atoms with Crippen LogP contribution < -0.4 is 0 Å². The van der Waals surface area contributed by atoms with E-state index in [1.165, 1.54) is 22.6 Å². The summed E-state index contributed by atoms with van der Waals surface area (Å²) in [5, 5.41) is 0. The molecule has 72 valence electrons. The predicted molar refractivity (Wildman–Crippen MR) is 60.0 cm³/mol. The summed E-state index contributed by atoms with van der Waals surface area (Å²) >= 11 is 0. The van der Waals surface area contributed by atoms with Gasteiger partial charge in [0.2, 0.25) is 0 Å². The second-order valence-corrected chi connectivity index (χ2v) is 3.73. The van der Waals surface area contributed by atoms with E-state index in [0.717, 1.165) is 0 Å². The van der Waals surface area contributed by atoms with Crippen LogP contribution in [0.15, 0.2) is 36.4 Å². The maximum Gasteiger partial charge on any atom is 0.0455 e. The maximum absolute atomic E-state index is 2.29. The number of hydrogen-bond donors (Lipinski definition) is 0. The first-order chi connectivity index (χ1) is 6.70. The highest BCUT2D eigenvalue weighted by Crippen LogP contribution is 2.19. The summed E-state index contributed by atoms with van der Waals surface area (Å²) in [7, 11) is 0. The van der Waals surface area contributed by atoms with Crippen molar-refractivity contribution < 1.29 is 0 Å². The van der Waals surface area contributed by atoms with Gasteiger partial charge in [-0.3, -0.25) is 0 Å². The number of aryl methyl sites for hydroxylation is 2. The average molecular weight is 185 g/mol. The van der Waals surface area contributed by atoms with Crippen LogP contribution in [0, 0.1) is 20.8 Å². The summed E-state index contributed by atoms with van der Waals surface area (Å²) < 4.78 is 2.29. The van der Waals surface area contributed by atoms with Gasteiger partial charge in [0.25, 0.3) is 0 Å². The zero-order valence-electron chi connectivity index (χ0n) is 8.91. The van der Waals surface area contributed by atoms with Gasteiger partial charge in [-0.1, -0.05) is 18.2 Å². The van der Waals surface area contributed by atoms with Crippen LogP contribution in [-0.2, 0) is 0 Å². The van der Waals surface area contributed by atoms with E-state index in [9.17, 15) is 0 Å². The van der Waals surface area contributed by atoms with Gasteiger partial charge in [0.15, 0.2) is 0 Å². The van der Waals surface area contributed by atoms with Crippen LogP contribution in [0.3, 0.4) is 0 Å². The zero-order valence-corrected chi connectivity index (χ0v) is 8.91. The van der Waals surface area contributed by atoms with Crippen molar-refractivity contribution in [2.45, 2.75) is 20.8 Å². The fraction of sp³-hybridized carbons (Fsp3) is 0.231. The summed E-state index contributed by atoms with van der Waals surface area (Å²) in [5.74, 6) is 0. The Bertz CT molecular complexity index is 438. The van der Waals surface area contributed by atoms with E-state index in [1.807, 2.05) is 6.07 Å². The Morgan fingerprint density at radius 3 is 2.07 bits per heavy atom. The third-order valence-corrected chi connectivity index (χ3v) is 2.70. The molecule has 0 saturated heterocycles. The molecule has 1 aromatic carbocycles. The molecule has 0 saturated carbocycles. The van der Waals surface area contributed by atoms with Crippen LogP contribution >= 0.6 is 0 Å². The van der Waals surface area contributed by atoms with Crippen molar-refractivity contribution in [1.82, 2.24) is 4.57 Å². The maximum atomic E-state index is 2.29. The first kappa shape index (κ1) is 9.07. The minimum atomic E-state index is 1.25. The number of rotatable bonds is 1. The Hall–Kier alpha value is -1.50. The second-order valence-electron chi connectivity index (χ2n) is 3.73. The molecule has 0 radical (unpaired) electrons. The van der Waals surface area contributed by atoms with Gasteiger partial charge in [0.05, 0.1) is 0 Å². The summed E-state index contributed by atoms with van der Waals surface area (Å²) in [5.41, 5.74) is 5.22. The Morgan fingerprint density at radius 2 is 1.57 bits per heavy atom. The SMILES string of the molecule is Cc1cc(C)n(-c2ccccc2)c1C. The summed E-state index contributed by atoms with van der Waals surface area (Å²) in [4.78, 5) is 0. The van der Waals surface area contributed by atoms with E-state index in [0.29, 0.717) is 0 Å². The third-order valence-electron chi connectivity index (χ3n) is 2.70. The highest BCUT2D eigenvalue weighted by molar-refractivity contribution is 5.40. The number of aromatic nitrogens is 1. The minimum absolute atomic E-state index is 1.25. The molecule has 1 nitrogen and oxygen atoms in total. The van der Waals surface area contributed by atoms with Crippen LogP contribution in [0.5, 0.6) is 0 Å². The van der Waals surface area contributed by atoms with Crippen molar-refractivity contribution in [2.24, 2.45) is 0 Å². The molecular formula is C13H15N. The number of hydrogen-bond acceptors (Lipinski definition) is 0. The molecule has 14 heavy (non-hydrogen) atoms. The van der Waals surface area contributed by atoms with E-state index >= 15 is 0 Å². The topological polar surface area (TPSA) is 4.93 Å². The molecule has 0 aliphatic heterocycles. The molecule has 0 N–H and O–H groups in total. The second kappa shape index (κ2) is 3.33. The van der Waals surface area contributed by atoms with Gasteiger partial charge in [-0.15, -0.1) is 0 Å². The fourth-order valence-electron chi connectivity index (χ4n) is 1.90. The predicted octanol–water partition coefficient (Wildman–Crippen LogP) is 3.40. The van der Waals surface area contributed by atoms with Crippen molar-refractivity contribution in [1.29, 1.82) is 0 Å². The van der Waals surface area contributed by atoms with Gasteiger partial charge in [0, 0.05) is 17.1 Å². The van der Waals surface area contributed by atoms with E-state index in [-0.39, 0.29) is 0 Å². The molecule has 1 heteroatoms. The quantitative estimate of drug-likeness (QED) is 0.641. The normalized spacial score (nSPS) is 10.5. The summed E-state index contributed by atoms with van der Waals surface area (Å²) in [6, 6.07) is 12.7. The molecule has 0 atom stereocenters. The molecule has 0 spiro atoms. The van der Waals surface area contributed by atoms with E-state index in [4.69, 9.17) is 0 Å². The Morgan fingerprint density at radius 1 is 0.929 bits per heavy atom. The summed E-state index contributed by atoms with van der Waals surface area (Å²) in [6.45, 7) is 6.46. The minimum Gasteiger partial charge on any atom is -0.318 e. The lowest BCUT2D eigenvalue weighted by molar-refractivity contribution is 0.960. The van der Waals surface area contributed by atoms with Crippen LogP contribution in [0.1, 0.15) is 17.0 Å². The summed E-state index contributed by atoms with van der Waals surface area (Å²) in [6.07, 6.45) is 0. The van der Waals surface area contributed by atoms with Crippen molar-refractivity contribution in [3.8, 4) is 5.69 Å². The molecule has 0 amide bonds. The lowest BCUT2D eigenvalue weighted by atomic mass is 10.3. The number of benzene rings is 1. The van der Waals surface area contributed by atoms with Crippen molar-refractivity contribution in [3.63, 3.8) is 0 Å². The lowest BCUT2D eigenvalue weighted by Gasteiger charge is -2.08. The third kappa shape index (κ3) is 1.35. The molecular weight excluding hydrogens is 170 g/mol. The molecule has 0 aliphatic carbocycles. The first-order valence-electron chi connectivity index (χ1n) is 4.91.